The van der Waals surface area contributed by atoms with Crippen molar-refractivity contribution in [3.63, 3.8) is 0 Å². The molecule has 0 fully saturated rings. The first-order valence-electron chi connectivity index (χ1n) is 6.96. The van der Waals surface area contributed by atoms with Crippen molar-refractivity contribution in [2.24, 2.45) is 0 Å². The van der Waals surface area contributed by atoms with Gasteiger partial charge in [0.25, 0.3) is 0 Å². The second-order valence-electron chi connectivity index (χ2n) is 4.77. The number of thioether (sulfide) groups is 1. The maximum Gasteiger partial charge on any atom is 0.118 e. The largest absolute Gasteiger partial charge is 0.497 e. The highest BCUT2D eigenvalue weighted by Crippen LogP contribution is 2.27. The van der Waals surface area contributed by atoms with E-state index in [0.717, 1.165) is 23.4 Å². The van der Waals surface area contributed by atoms with Crippen LogP contribution < -0.4 is 4.74 Å². The lowest BCUT2D eigenvalue weighted by Crippen LogP contribution is -1.90. The van der Waals surface area contributed by atoms with Gasteiger partial charge in [-0.3, -0.25) is 4.98 Å². The Morgan fingerprint density at radius 1 is 1.00 bits per heavy atom. The van der Waals surface area contributed by atoms with E-state index in [4.69, 9.17) is 4.74 Å². The molecule has 0 saturated heterocycles. The van der Waals surface area contributed by atoms with E-state index in [1.807, 2.05) is 36.2 Å². The number of ether oxygens (including phenoxy) is 1. The lowest BCUT2D eigenvalue weighted by Gasteiger charge is -2.06. The van der Waals surface area contributed by atoms with Crippen LogP contribution in [0.3, 0.4) is 0 Å². The minimum Gasteiger partial charge on any atom is -0.497 e. The van der Waals surface area contributed by atoms with Crippen LogP contribution in [0.1, 0.15) is 5.56 Å². The third-order valence-electron chi connectivity index (χ3n) is 3.42. The smallest absolute Gasteiger partial charge is 0.118 e. The molecule has 2 nitrogen and oxygen atoms in total. The zero-order valence-electron chi connectivity index (χ0n) is 12.0. The molecule has 3 rings (SSSR count). The van der Waals surface area contributed by atoms with Gasteiger partial charge in [0.15, 0.2) is 0 Å². The molecule has 0 aliphatic rings. The van der Waals surface area contributed by atoms with Crippen LogP contribution in [0.5, 0.6) is 5.75 Å². The first-order chi connectivity index (χ1) is 10.4. The van der Waals surface area contributed by atoms with E-state index in [9.17, 15) is 0 Å². The molecular weight excluding hydrogens is 278 g/mol. The van der Waals surface area contributed by atoms with E-state index in [0.29, 0.717) is 0 Å². The van der Waals surface area contributed by atoms with Gasteiger partial charge in [0.2, 0.25) is 0 Å². The van der Waals surface area contributed by atoms with E-state index in [2.05, 4.69) is 41.4 Å². The number of pyridine rings is 1. The van der Waals surface area contributed by atoms with E-state index < -0.39 is 0 Å². The summed E-state index contributed by atoms with van der Waals surface area (Å²) in [6.07, 6.45) is 2.93. The van der Waals surface area contributed by atoms with Gasteiger partial charge < -0.3 is 4.74 Å². The molecule has 0 aliphatic heterocycles. The van der Waals surface area contributed by atoms with Gasteiger partial charge in [-0.2, -0.15) is 0 Å². The first-order valence-corrected chi connectivity index (χ1v) is 7.95. The van der Waals surface area contributed by atoms with Crippen molar-refractivity contribution in [2.45, 2.75) is 11.3 Å². The summed E-state index contributed by atoms with van der Waals surface area (Å²) in [7, 11) is 1.69. The second kappa shape index (κ2) is 6.64. The van der Waals surface area contributed by atoms with Gasteiger partial charge in [-0.25, -0.2) is 0 Å². The number of benzene rings is 2. The molecule has 2 aromatic carbocycles. The average Bonchev–Trinajstić information content (AvgIpc) is 2.56. The Kier molecular flexibility index (Phi) is 4.41. The monoisotopic (exact) mass is 295 g/mol. The summed E-state index contributed by atoms with van der Waals surface area (Å²) in [5.74, 6) is 1.96. The summed E-state index contributed by atoms with van der Waals surface area (Å²) in [5, 5.41) is 1.24. The maximum absolute atomic E-state index is 5.18. The van der Waals surface area contributed by atoms with Crippen molar-refractivity contribution in [3.8, 4) is 5.75 Å². The number of nitrogens with zero attached hydrogens (tertiary/aromatic N) is 1. The summed E-state index contributed by atoms with van der Waals surface area (Å²) in [6, 6.07) is 18.7. The van der Waals surface area contributed by atoms with Gasteiger partial charge in [-0.05, 0) is 36.2 Å². The number of hydrogen-bond acceptors (Lipinski definition) is 3. The molecule has 21 heavy (non-hydrogen) atoms. The van der Waals surface area contributed by atoms with Crippen LogP contribution in [0.2, 0.25) is 0 Å². The van der Waals surface area contributed by atoms with Gasteiger partial charge in [0, 0.05) is 22.2 Å². The Morgan fingerprint density at radius 2 is 1.81 bits per heavy atom. The second-order valence-corrected chi connectivity index (χ2v) is 5.91. The molecule has 0 radical (unpaired) electrons. The van der Waals surface area contributed by atoms with Crippen molar-refractivity contribution in [2.75, 3.05) is 12.9 Å². The van der Waals surface area contributed by atoms with Crippen LogP contribution >= 0.6 is 11.8 Å². The van der Waals surface area contributed by atoms with E-state index in [1.165, 1.54) is 15.8 Å². The Hall–Kier alpha value is -2.00. The van der Waals surface area contributed by atoms with Crippen LogP contribution in [0.25, 0.3) is 10.9 Å². The fourth-order valence-corrected chi connectivity index (χ4v) is 3.31. The van der Waals surface area contributed by atoms with Crippen LogP contribution in [0.4, 0.5) is 0 Å². The minimum atomic E-state index is 0.909. The fourth-order valence-electron chi connectivity index (χ4n) is 2.27. The number of methoxy groups -OCH3 is 1. The fraction of sp³-hybridized carbons (Fsp3) is 0.167. The van der Waals surface area contributed by atoms with E-state index in [1.54, 1.807) is 7.11 Å². The Morgan fingerprint density at radius 3 is 2.62 bits per heavy atom. The summed E-state index contributed by atoms with van der Waals surface area (Å²) in [4.78, 5) is 5.70. The molecule has 0 bridgehead atoms. The van der Waals surface area contributed by atoms with Crippen LogP contribution in [0, 0.1) is 0 Å². The Labute approximate surface area is 129 Å². The van der Waals surface area contributed by atoms with Gasteiger partial charge in [-0.1, -0.05) is 30.3 Å². The molecule has 3 heteroatoms. The van der Waals surface area contributed by atoms with Gasteiger partial charge in [0.1, 0.15) is 5.75 Å². The van der Waals surface area contributed by atoms with Crippen molar-refractivity contribution in [1.82, 2.24) is 4.98 Å². The predicted octanol–water partition coefficient (Wildman–Crippen LogP) is 4.58. The highest BCUT2D eigenvalue weighted by atomic mass is 32.2. The SMILES string of the molecule is COc1ccc(CCSc2ccnc3ccccc23)cc1. The molecule has 0 N–H and O–H groups in total. The Balaban J connectivity index is 1.66. The summed E-state index contributed by atoms with van der Waals surface area (Å²) < 4.78 is 5.18. The first kappa shape index (κ1) is 14.0. The van der Waals surface area contributed by atoms with Crippen LogP contribution in [-0.4, -0.2) is 17.8 Å². The lowest BCUT2D eigenvalue weighted by atomic mass is 10.2. The molecular formula is C18H17NOS. The maximum atomic E-state index is 5.18. The summed E-state index contributed by atoms with van der Waals surface area (Å²) in [6.45, 7) is 0. The summed E-state index contributed by atoms with van der Waals surface area (Å²) in [5.41, 5.74) is 2.40. The van der Waals surface area contributed by atoms with Gasteiger partial charge in [-0.15, -0.1) is 11.8 Å². The zero-order valence-corrected chi connectivity index (χ0v) is 12.8. The molecule has 0 amide bonds. The van der Waals surface area contributed by atoms with Crippen molar-refractivity contribution >= 4 is 22.7 Å². The van der Waals surface area contributed by atoms with Crippen molar-refractivity contribution in [1.29, 1.82) is 0 Å². The highest BCUT2D eigenvalue weighted by molar-refractivity contribution is 7.99. The number of para-hydroxylation sites is 1. The van der Waals surface area contributed by atoms with Crippen LogP contribution in [-0.2, 0) is 6.42 Å². The van der Waals surface area contributed by atoms with Gasteiger partial charge >= 0.3 is 0 Å². The molecule has 0 aliphatic carbocycles. The average molecular weight is 295 g/mol. The van der Waals surface area contributed by atoms with Gasteiger partial charge in [0.05, 0.1) is 12.6 Å². The quantitative estimate of drug-likeness (QED) is 0.643. The normalized spacial score (nSPS) is 10.7. The molecule has 0 spiro atoms. The van der Waals surface area contributed by atoms with E-state index >= 15 is 0 Å². The van der Waals surface area contributed by atoms with E-state index in [-0.39, 0.29) is 0 Å². The topological polar surface area (TPSA) is 22.1 Å². The number of hydrogen-bond donors (Lipinski definition) is 0. The predicted molar refractivity (Wildman–Crippen MR) is 89.2 cm³/mol. The molecule has 1 heterocycles. The number of rotatable bonds is 5. The third kappa shape index (κ3) is 3.37. The number of fused-ring (bicyclic) bond motifs is 1. The lowest BCUT2D eigenvalue weighted by molar-refractivity contribution is 0.414. The standard InChI is InChI=1S/C18H17NOS/c1-20-15-8-6-14(7-9-15)11-13-21-18-10-12-19-17-5-3-2-4-16(17)18/h2-10,12H,11,13H2,1H3. The molecule has 0 saturated carbocycles. The molecule has 0 atom stereocenters. The molecule has 0 unspecified atom stereocenters. The molecule has 106 valence electrons. The highest BCUT2D eigenvalue weighted by Gasteiger charge is 2.02. The van der Waals surface area contributed by atoms with Crippen LogP contribution in [0.15, 0.2) is 65.7 Å². The molecule has 3 aromatic rings. The number of aromatic nitrogens is 1. The van der Waals surface area contributed by atoms with Crippen molar-refractivity contribution < 1.29 is 4.74 Å². The minimum absolute atomic E-state index is 0.909. The molecule has 1 aromatic heterocycles. The zero-order chi connectivity index (χ0) is 14.5. The van der Waals surface area contributed by atoms with Crippen molar-refractivity contribution in [3.05, 3.63) is 66.4 Å². The third-order valence-corrected chi connectivity index (χ3v) is 4.49. The Bertz CT molecular complexity index is 719. The summed E-state index contributed by atoms with van der Waals surface area (Å²) >= 11 is 1.88. The number of aryl methyl sites for hydroxylation is 1.